The van der Waals surface area contributed by atoms with Crippen molar-refractivity contribution in [2.45, 2.75) is 32.2 Å². The van der Waals surface area contributed by atoms with Crippen LogP contribution in [0.25, 0.3) is 11.4 Å². The second-order valence-corrected chi connectivity index (χ2v) is 6.82. The minimum atomic E-state index is 0.542. The van der Waals surface area contributed by atoms with E-state index >= 15 is 0 Å². The highest BCUT2D eigenvalue weighted by Crippen LogP contribution is 2.28. The minimum Gasteiger partial charge on any atom is -0.298 e. The summed E-state index contributed by atoms with van der Waals surface area (Å²) in [6.45, 7) is 5.22. The maximum Gasteiger partial charge on any atom is 0.159 e. The highest BCUT2D eigenvalue weighted by atomic mass is 15.2. The summed E-state index contributed by atoms with van der Waals surface area (Å²) in [5, 5.41) is 7.36. The Balaban J connectivity index is 1.42. The molecule has 1 atom stereocenters. The summed E-state index contributed by atoms with van der Waals surface area (Å²) in [4.78, 5) is 11.6. The van der Waals surface area contributed by atoms with E-state index in [1.807, 2.05) is 48.9 Å². The van der Waals surface area contributed by atoms with E-state index in [1.54, 1.807) is 0 Å². The number of nitrogens with zero attached hydrogens (tertiary/aromatic N) is 4. The van der Waals surface area contributed by atoms with E-state index in [0.717, 1.165) is 31.0 Å². The number of aromatic nitrogens is 4. The average Bonchev–Trinajstić information content (AvgIpc) is 3.09. The summed E-state index contributed by atoms with van der Waals surface area (Å²) in [5.74, 6) is 1.33. The Hall–Kier alpha value is -2.53. The molecular weight excluding hydrogens is 310 g/mol. The molecule has 0 amide bonds. The molecule has 1 aromatic carbocycles. The van der Waals surface area contributed by atoms with E-state index in [4.69, 9.17) is 0 Å². The zero-order valence-electron chi connectivity index (χ0n) is 14.5. The maximum absolute atomic E-state index is 4.54. The zero-order valence-corrected chi connectivity index (χ0v) is 14.5. The summed E-state index contributed by atoms with van der Waals surface area (Å²) in [5.41, 5.74) is 4.78. The monoisotopic (exact) mass is 333 g/mol. The highest BCUT2D eigenvalue weighted by molar-refractivity contribution is 5.53. The number of H-pyrrole nitrogens is 1. The molecule has 3 heterocycles. The number of benzene rings is 1. The first-order chi connectivity index (χ1) is 12.3. The van der Waals surface area contributed by atoms with Crippen molar-refractivity contribution in [2.75, 3.05) is 13.1 Å². The minimum absolute atomic E-state index is 0.542. The molecule has 1 N–H and O–H groups in total. The van der Waals surface area contributed by atoms with Crippen molar-refractivity contribution in [3.63, 3.8) is 0 Å². The molecule has 1 fully saturated rings. The lowest BCUT2D eigenvalue weighted by Crippen LogP contribution is -2.34. The average molecular weight is 333 g/mol. The van der Waals surface area contributed by atoms with Crippen LogP contribution in [0.1, 0.15) is 35.6 Å². The van der Waals surface area contributed by atoms with Gasteiger partial charge in [-0.2, -0.15) is 5.10 Å². The Bertz CT molecular complexity index is 810. The number of hydrogen-bond acceptors (Lipinski definition) is 4. The molecule has 5 heteroatoms. The fourth-order valence-corrected chi connectivity index (χ4v) is 3.64. The molecule has 1 aliphatic rings. The molecule has 0 radical (unpaired) electrons. The lowest BCUT2D eigenvalue weighted by atomic mass is 9.93. The van der Waals surface area contributed by atoms with Crippen LogP contribution >= 0.6 is 0 Å². The standard InChI is InChI=1S/C20H23N5/c1-15-10-23-24-19(15)18-8-5-9-25(14-18)13-16-11-21-20(22-12-16)17-6-3-2-4-7-17/h2-4,6-7,10-12,18H,5,8-9,13-14H2,1H3,(H,23,24)/t18-/m0/s1. The molecule has 3 aromatic rings. The maximum atomic E-state index is 4.54. The molecule has 1 aliphatic heterocycles. The van der Waals surface area contributed by atoms with Crippen molar-refractivity contribution in [1.82, 2.24) is 25.1 Å². The number of aryl methyl sites for hydroxylation is 1. The van der Waals surface area contributed by atoms with Crippen LogP contribution in [0.3, 0.4) is 0 Å². The Morgan fingerprint density at radius 3 is 2.64 bits per heavy atom. The van der Waals surface area contributed by atoms with Crippen LogP contribution in [0.5, 0.6) is 0 Å². The Labute approximate surface area is 148 Å². The van der Waals surface area contributed by atoms with E-state index < -0.39 is 0 Å². The van der Waals surface area contributed by atoms with Crippen molar-refractivity contribution in [3.8, 4) is 11.4 Å². The number of aromatic amines is 1. The van der Waals surface area contributed by atoms with Crippen LogP contribution in [0.15, 0.2) is 48.9 Å². The molecule has 128 valence electrons. The van der Waals surface area contributed by atoms with E-state index in [0.29, 0.717) is 5.92 Å². The van der Waals surface area contributed by atoms with Gasteiger partial charge in [0, 0.05) is 48.2 Å². The second kappa shape index (κ2) is 7.15. The van der Waals surface area contributed by atoms with Gasteiger partial charge in [-0.1, -0.05) is 30.3 Å². The fraction of sp³-hybridized carbons (Fsp3) is 0.350. The van der Waals surface area contributed by atoms with Crippen LogP contribution in [0.2, 0.25) is 0 Å². The van der Waals surface area contributed by atoms with Crippen molar-refractivity contribution < 1.29 is 0 Å². The number of piperidine rings is 1. The van der Waals surface area contributed by atoms with Crippen LogP contribution in [-0.2, 0) is 6.54 Å². The highest BCUT2D eigenvalue weighted by Gasteiger charge is 2.23. The van der Waals surface area contributed by atoms with Gasteiger partial charge in [0.1, 0.15) is 0 Å². The molecular formula is C20H23N5. The Morgan fingerprint density at radius 1 is 1.12 bits per heavy atom. The molecule has 0 unspecified atom stereocenters. The summed E-state index contributed by atoms with van der Waals surface area (Å²) in [6, 6.07) is 10.1. The number of likely N-dealkylation sites (tertiary alicyclic amines) is 1. The van der Waals surface area contributed by atoms with Crippen molar-refractivity contribution >= 4 is 0 Å². The summed E-state index contributed by atoms with van der Waals surface area (Å²) in [7, 11) is 0. The van der Waals surface area contributed by atoms with E-state index in [-0.39, 0.29) is 0 Å². The predicted molar refractivity (Wildman–Crippen MR) is 98.0 cm³/mol. The third-order valence-electron chi connectivity index (χ3n) is 4.93. The molecule has 0 spiro atoms. The van der Waals surface area contributed by atoms with Crippen LogP contribution in [0.4, 0.5) is 0 Å². The van der Waals surface area contributed by atoms with Crippen LogP contribution < -0.4 is 0 Å². The van der Waals surface area contributed by atoms with Gasteiger partial charge in [-0.25, -0.2) is 9.97 Å². The van der Waals surface area contributed by atoms with E-state index in [9.17, 15) is 0 Å². The van der Waals surface area contributed by atoms with Gasteiger partial charge in [0.2, 0.25) is 0 Å². The van der Waals surface area contributed by atoms with E-state index in [1.165, 1.54) is 29.7 Å². The molecule has 1 saturated heterocycles. The van der Waals surface area contributed by atoms with Crippen LogP contribution in [-0.4, -0.2) is 38.2 Å². The number of hydrogen-bond donors (Lipinski definition) is 1. The van der Waals surface area contributed by atoms with Gasteiger partial charge in [0.15, 0.2) is 5.82 Å². The van der Waals surface area contributed by atoms with E-state index in [2.05, 4.69) is 32.0 Å². The largest absolute Gasteiger partial charge is 0.298 e. The van der Waals surface area contributed by atoms with Gasteiger partial charge >= 0.3 is 0 Å². The fourth-order valence-electron chi connectivity index (χ4n) is 3.64. The Kier molecular flexibility index (Phi) is 4.57. The lowest BCUT2D eigenvalue weighted by molar-refractivity contribution is 0.198. The summed E-state index contributed by atoms with van der Waals surface area (Å²) >= 11 is 0. The number of nitrogens with one attached hydrogen (secondary N) is 1. The third kappa shape index (κ3) is 3.61. The summed E-state index contributed by atoms with van der Waals surface area (Å²) in [6.07, 6.45) is 8.28. The lowest BCUT2D eigenvalue weighted by Gasteiger charge is -2.32. The van der Waals surface area contributed by atoms with Gasteiger partial charge in [0.05, 0.1) is 6.20 Å². The molecule has 0 aliphatic carbocycles. The molecule has 0 bridgehead atoms. The number of rotatable bonds is 4. The second-order valence-electron chi connectivity index (χ2n) is 6.82. The molecule has 5 nitrogen and oxygen atoms in total. The normalized spacial score (nSPS) is 18.4. The zero-order chi connectivity index (χ0) is 17.1. The smallest absolute Gasteiger partial charge is 0.159 e. The van der Waals surface area contributed by atoms with Gasteiger partial charge in [-0.15, -0.1) is 0 Å². The van der Waals surface area contributed by atoms with Gasteiger partial charge in [-0.3, -0.25) is 10.00 Å². The first-order valence-corrected chi connectivity index (χ1v) is 8.88. The topological polar surface area (TPSA) is 57.7 Å². The SMILES string of the molecule is Cc1cn[nH]c1[C@H]1CCCN(Cc2cnc(-c3ccccc3)nc2)C1. The first-order valence-electron chi connectivity index (χ1n) is 8.88. The van der Waals surface area contributed by atoms with Crippen molar-refractivity contribution in [3.05, 3.63) is 65.7 Å². The quantitative estimate of drug-likeness (QED) is 0.793. The molecule has 4 rings (SSSR count). The van der Waals surface area contributed by atoms with Crippen molar-refractivity contribution in [2.24, 2.45) is 0 Å². The molecule has 2 aromatic heterocycles. The van der Waals surface area contributed by atoms with Gasteiger partial charge in [-0.05, 0) is 31.9 Å². The van der Waals surface area contributed by atoms with Gasteiger partial charge in [0.25, 0.3) is 0 Å². The molecule has 25 heavy (non-hydrogen) atoms. The van der Waals surface area contributed by atoms with Gasteiger partial charge < -0.3 is 0 Å². The molecule has 0 saturated carbocycles. The first kappa shape index (κ1) is 16.0. The van der Waals surface area contributed by atoms with Crippen molar-refractivity contribution in [1.29, 1.82) is 0 Å². The van der Waals surface area contributed by atoms with Crippen LogP contribution in [0, 0.1) is 6.92 Å². The Morgan fingerprint density at radius 2 is 1.92 bits per heavy atom. The predicted octanol–water partition coefficient (Wildman–Crippen LogP) is 3.55. The summed E-state index contributed by atoms with van der Waals surface area (Å²) < 4.78 is 0. The third-order valence-corrected chi connectivity index (χ3v) is 4.93.